The Morgan fingerprint density at radius 1 is 1.56 bits per heavy atom. The van der Waals surface area contributed by atoms with Crippen LogP contribution in [-0.2, 0) is 19.4 Å². The molecule has 1 rings (SSSR count). The summed E-state index contributed by atoms with van der Waals surface area (Å²) in [5, 5.41) is 2.71. The highest BCUT2D eigenvalue weighted by Gasteiger charge is 2.18. The number of ether oxygens (including phenoxy) is 1. The average molecular weight is 278 g/mol. The van der Waals surface area contributed by atoms with Crippen LogP contribution in [0.4, 0.5) is 0 Å². The van der Waals surface area contributed by atoms with Gasteiger partial charge in [-0.3, -0.25) is 4.79 Å². The first-order valence-electron chi connectivity index (χ1n) is 6.21. The molecule has 0 aliphatic carbocycles. The minimum Gasteiger partial charge on any atom is -0.378 e. The van der Waals surface area contributed by atoms with E-state index in [1.165, 1.54) is 0 Å². The van der Waals surface area contributed by atoms with Gasteiger partial charge >= 0.3 is 0 Å². The fraction of sp³-hybridized carbons (Fsp3) is 0.909. The van der Waals surface area contributed by atoms with Gasteiger partial charge in [0.15, 0.2) is 0 Å². The van der Waals surface area contributed by atoms with Crippen LogP contribution >= 0.6 is 0 Å². The van der Waals surface area contributed by atoms with Gasteiger partial charge in [0, 0.05) is 19.4 Å². The maximum atomic E-state index is 11.6. The third kappa shape index (κ3) is 6.32. The van der Waals surface area contributed by atoms with E-state index in [-0.39, 0.29) is 24.2 Å². The Bertz CT molecular complexity index is 363. The largest absolute Gasteiger partial charge is 0.378 e. The van der Waals surface area contributed by atoms with Crippen LogP contribution in [0, 0.1) is 0 Å². The molecule has 0 spiro atoms. The summed E-state index contributed by atoms with van der Waals surface area (Å²) in [6, 6.07) is -0.760. The standard InChI is InChI=1S/C11H22N2O4S/c1-18(15,16)8-5-10(12)11(14)13-6-4-9-3-2-7-17-9/h9-10H,2-8,12H2,1H3,(H,13,14). The van der Waals surface area contributed by atoms with Crippen LogP contribution in [0.2, 0.25) is 0 Å². The molecule has 7 heteroatoms. The zero-order valence-electron chi connectivity index (χ0n) is 10.7. The van der Waals surface area contributed by atoms with E-state index in [1.54, 1.807) is 0 Å². The van der Waals surface area contributed by atoms with Crippen molar-refractivity contribution in [2.45, 2.75) is 37.8 Å². The summed E-state index contributed by atoms with van der Waals surface area (Å²) in [7, 11) is -3.07. The molecule has 1 saturated heterocycles. The summed E-state index contributed by atoms with van der Waals surface area (Å²) in [6.07, 6.45) is 4.42. The van der Waals surface area contributed by atoms with Crippen molar-refractivity contribution in [1.29, 1.82) is 0 Å². The van der Waals surface area contributed by atoms with Crippen molar-refractivity contribution in [1.82, 2.24) is 5.32 Å². The quantitative estimate of drug-likeness (QED) is 0.650. The SMILES string of the molecule is CS(=O)(=O)CCC(N)C(=O)NCCC1CCCO1. The maximum absolute atomic E-state index is 11.6. The fourth-order valence-electron chi connectivity index (χ4n) is 1.83. The molecule has 1 amide bonds. The summed E-state index contributed by atoms with van der Waals surface area (Å²) in [5.74, 6) is -0.357. The van der Waals surface area contributed by atoms with E-state index < -0.39 is 15.9 Å². The first-order valence-corrected chi connectivity index (χ1v) is 8.27. The van der Waals surface area contributed by atoms with E-state index in [4.69, 9.17) is 10.5 Å². The van der Waals surface area contributed by atoms with Crippen LogP contribution < -0.4 is 11.1 Å². The Kier molecular flexibility index (Phi) is 6.04. The first-order chi connectivity index (χ1) is 8.38. The molecule has 0 aromatic rings. The summed E-state index contributed by atoms with van der Waals surface area (Å²) < 4.78 is 27.3. The smallest absolute Gasteiger partial charge is 0.236 e. The van der Waals surface area contributed by atoms with Crippen molar-refractivity contribution in [2.75, 3.05) is 25.2 Å². The number of hydrogen-bond acceptors (Lipinski definition) is 5. The number of hydrogen-bond donors (Lipinski definition) is 2. The molecule has 106 valence electrons. The second-order valence-corrected chi connectivity index (χ2v) is 7.00. The van der Waals surface area contributed by atoms with Gasteiger partial charge in [0.05, 0.1) is 17.9 Å². The van der Waals surface area contributed by atoms with E-state index in [0.29, 0.717) is 6.54 Å². The number of sulfone groups is 1. The van der Waals surface area contributed by atoms with Crippen molar-refractivity contribution >= 4 is 15.7 Å². The third-order valence-electron chi connectivity index (χ3n) is 2.93. The number of amides is 1. The molecule has 1 fully saturated rings. The molecule has 0 bridgehead atoms. The number of nitrogens with two attached hydrogens (primary N) is 1. The summed E-state index contributed by atoms with van der Waals surface area (Å²) in [4.78, 5) is 11.6. The molecule has 2 atom stereocenters. The average Bonchev–Trinajstić information content (AvgIpc) is 2.77. The van der Waals surface area contributed by atoms with E-state index in [1.807, 2.05) is 0 Å². The van der Waals surface area contributed by atoms with E-state index in [9.17, 15) is 13.2 Å². The molecular formula is C11H22N2O4S. The molecule has 0 radical (unpaired) electrons. The monoisotopic (exact) mass is 278 g/mol. The summed E-state index contributed by atoms with van der Waals surface area (Å²) >= 11 is 0. The summed E-state index contributed by atoms with van der Waals surface area (Å²) in [5.41, 5.74) is 5.61. The lowest BCUT2D eigenvalue weighted by molar-refractivity contribution is -0.122. The van der Waals surface area contributed by atoms with E-state index >= 15 is 0 Å². The Labute approximate surface area is 108 Å². The van der Waals surface area contributed by atoms with Gasteiger partial charge in [0.25, 0.3) is 0 Å². The molecule has 1 heterocycles. The zero-order chi connectivity index (χ0) is 13.6. The predicted molar refractivity (Wildman–Crippen MR) is 68.9 cm³/mol. The molecule has 6 nitrogen and oxygen atoms in total. The van der Waals surface area contributed by atoms with Crippen molar-refractivity contribution in [3.63, 3.8) is 0 Å². The minimum atomic E-state index is -3.07. The van der Waals surface area contributed by atoms with Crippen LogP contribution in [0.1, 0.15) is 25.7 Å². The molecule has 0 aromatic heterocycles. The van der Waals surface area contributed by atoms with Crippen LogP contribution in [0.15, 0.2) is 0 Å². The van der Waals surface area contributed by atoms with Gasteiger partial charge in [0.1, 0.15) is 9.84 Å². The molecule has 0 saturated carbocycles. The van der Waals surface area contributed by atoms with Gasteiger partial charge in [-0.1, -0.05) is 0 Å². The normalized spacial score (nSPS) is 21.8. The Morgan fingerprint density at radius 3 is 2.83 bits per heavy atom. The molecule has 3 N–H and O–H groups in total. The number of carbonyl (C=O) groups is 1. The molecule has 1 aliphatic heterocycles. The van der Waals surface area contributed by atoms with Crippen molar-refractivity contribution < 1.29 is 17.9 Å². The minimum absolute atomic E-state index is 0.0622. The van der Waals surface area contributed by atoms with Crippen LogP contribution in [0.3, 0.4) is 0 Å². The van der Waals surface area contributed by atoms with Crippen molar-refractivity contribution in [2.24, 2.45) is 5.73 Å². The highest BCUT2D eigenvalue weighted by Crippen LogP contribution is 2.14. The lowest BCUT2D eigenvalue weighted by Crippen LogP contribution is -2.42. The molecule has 2 unspecified atom stereocenters. The second-order valence-electron chi connectivity index (χ2n) is 4.74. The Balaban J connectivity index is 2.14. The van der Waals surface area contributed by atoms with E-state index in [2.05, 4.69) is 5.32 Å². The van der Waals surface area contributed by atoms with Gasteiger partial charge < -0.3 is 15.8 Å². The Morgan fingerprint density at radius 2 is 2.28 bits per heavy atom. The zero-order valence-corrected chi connectivity index (χ0v) is 11.5. The second kappa shape index (κ2) is 7.06. The first kappa shape index (κ1) is 15.4. The number of rotatable bonds is 7. The van der Waals surface area contributed by atoms with Gasteiger partial charge in [0.2, 0.25) is 5.91 Å². The highest BCUT2D eigenvalue weighted by atomic mass is 32.2. The van der Waals surface area contributed by atoms with E-state index in [0.717, 1.165) is 32.1 Å². The van der Waals surface area contributed by atoms with Gasteiger partial charge in [-0.05, 0) is 25.7 Å². The topological polar surface area (TPSA) is 98.5 Å². The molecule has 1 aliphatic rings. The lowest BCUT2D eigenvalue weighted by Gasteiger charge is -2.13. The number of nitrogens with one attached hydrogen (secondary N) is 1. The molecular weight excluding hydrogens is 256 g/mol. The maximum Gasteiger partial charge on any atom is 0.236 e. The summed E-state index contributed by atoms with van der Waals surface area (Å²) in [6.45, 7) is 1.32. The third-order valence-corrected chi connectivity index (χ3v) is 3.90. The van der Waals surface area contributed by atoms with Gasteiger partial charge in [-0.25, -0.2) is 8.42 Å². The van der Waals surface area contributed by atoms with Gasteiger partial charge in [-0.2, -0.15) is 0 Å². The van der Waals surface area contributed by atoms with Crippen molar-refractivity contribution in [3.05, 3.63) is 0 Å². The van der Waals surface area contributed by atoms with Gasteiger partial charge in [-0.15, -0.1) is 0 Å². The fourth-order valence-corrected chi connectivity index (χ4v) is 2.51. The van der Waals surface area contributed by atoms with Crippen LogP contribution in [0.25, 0.3) is 0 Å². The van der Waals surface area contributed by atoms with Crippen molar-refractivity contribution in [3.8, 4) is 0 Å². The van der Waals surface area contributed by atoms with Crippen LogP contribution in [-0.4, -0.2) is 51.6 Å². The highest BCUT2D eigenvalue weighted by molar-refractivity contribution is 7.90. The Hall–Kier alpha value is -0.660. The predicted octanol–water partition coefficient (Wildman–Crippen LogP) is -0.566. The number of carbonyl (C=O) groups excluding carboxylic acids is 1. The molecule has 0 aromatic carbocycles. The van der Waals surface area contributed by atoms with Crippen LogP contribution in [0.5, 0.6) is 0 Å². The lowest BCUT2D eigenvalue weighted by atomic mass is 10.2. The molecule has 18 heavy (non-hydrogen) atoms.